The van der Waals surface area contributed by atoms with Gasteiger partial charge in [-0.05, 0) is 32.3 Å². The van der Waals surface area contributed by atoms with Gasteiger partial charge < -0.3 is 15.2 Å². The molecule has 1 heterocycles. The maximum atomic E-state index is 12.9. The molecule has 2 atom stereocenters. The quantitative estimate of drug-likeness (QED) is 0.694. The molecule has 7 heteroatoms. The summed E-state index contributed by atoms with van der Waals surface area (Å²) in [6, 6.07) is 7.80. The number of hydrogen-bond donors (Lipinski definition) is 2. The molecule has 154 valence electrons. The number of methoxy groups -OCH3 is 1. The maximum absolute atomic E-state index is 12.9. The number of carbonyl (C=O) groups excluding carboxylic acids is 2. The van der Waals surface area contributed by atoms with Gasteiger partial charge in [0.05, 0.1) is 18.9 Å². The van der Waals surface area contributed by atoms with Crippen LogP contribution in [0, 0.1) is 25.7 Å². The van der Waals surface area contributed by atoms with Gasteiger partial charge in [-0.1, -0.05) is 42.7 Å². The second-order valence-electron chi connectivity index (χ2n) is 7.42. The highest BCUT2D eigenvalue weighted by Gasteiger charge is 2.36. The number of carboxylic acids is 1. The summed E-state index contributed by atoms with van der Waals surface area (Å²) < 4.78 is 4.98. The van der Waals surface area contributed by atoms with Gasteiger partial charge in [-0.25, -0.2) is 4.79 Å². The molecule has 0 aliphatic heterocycles. The van der Waals surface area contributed by atoms with Gasteiger partial charge in [-0.2, -0.15) is 0 Å². The molecule has 1 aliphatic carbocycles. The third kappa shape index (κ3) is 4.34. The van der Waals surface area contributed by atoms with Crippen molar-refractivity contribution in [2.24, 2.45) is 11.8 Å². The molecule has 0 unspecified atom stereocenters. The highest BCUT2D eigenvalue weighted by molar-refractivity contribution is 7.17. The van der Waals surface area contributed by atoms with Crippen LogP contribution in [0.5, 0.6) is 0 Å². The first kappa shape index (κ1) is 21.0. The van der Waals surface area contributed by atoms with Crippen LogP contribution in [-0.2, 0) is 14.3 Å². The Morgan fingerprint density at radius 1 is 1.07 bits per heavy atom. The van der Waals surface area contributed by atoms with E-state index in [1.807, 2.05) is 38.1 Å². The third-order valence-electron chi connectivity index (χ3n) is 5.47. The van der Waals surface area contributed by atoms with Crippen LogP contribution < -0.4 is 5.32 Å². The first-order valence-corrected chi connectivity index (χ1v) is 10.5. The van der Waals surface area contributed by atoms with E-state index in [9.17, 15) is 19.5 Å². The number of ether oxygens (including phenoxy) is 1. The summed E-state index contributed by atoms with van der Waals surface area (Å²) in [4.78, 5) is 37.9. The van der Waals surface area contributed by atoms with Gasteiger partial charge in [-0.15, -0.1) is 11.3 Å². The molecule has 1 aromatic carbocycles. The van der Waals surface area contributed by atoms with Crippen molar-refractivity contribution < 1.29 is 24.2 Å². The predicted molar refractivity (Wildman–Crippen MR) is 112 cm³/mol. The van der Waals surface area contributed by atoms with E-state index in [1.165, 1.54) is 18.4 Å². The van der Waals surface area contributed by atoms with Gasteiger partial charge in [0.2, 0.25) is 5.91 Å². The summed E-state index contributed by atoms with van der Waals surface area (Å²) in [6.07, 6.45) is 2.66. The molecule has 0 spiro atoms. The Morgan fingerprint density at radius 3 is 2.28 bits per heavy atom. The Labute approximate surface area is 173 Å². The van der Waals surface area contributed by atoms with Gasteiger partial charge in [-0.3, -0.25) is 9.59 Å². The zero-order chi connectivity index (χ0) is 21.1. The second-order valence-corrected chi connectivity index (χ2v) is 8.64. The normalized spacial score (nSPS) is 18.9. The minimum absolute atomic E-state index is 0.315. The molecule has 0 saturated heterocycles. The van der Waals surface area contributed by atoms with Crippen LogP contribution in [0.1, 0.15) is 46.5 Å². The molecule has 0 bridgehead atoms. The fourth-order valence-electron chi connectivity index (χ4n) is 3.94. The average Bonchev–Trinajstić information content (AvgIpc) is 3.03. The third-order valence-corrected chi connectivity index (χ3v) is 6.49. The van der Waals surface area contributed by atoms with Crippen molar-refractivity contribution in [2.75, 3.05) is 12.4 Å². The number of carboxylic acid groups (broad SMARTS) is 1. The number of esters is 1. The van der Waals surface area contributed by atoms with E-state index in [1.54, 1.807) is 0 Å². The van der Waals surface area contributed by atoms with Crippen molar-refractivity contribution in [2.45, 2.75) is 39.5 Å². The van der Waals surface area contributed by atoms with Crippen LogP contribution in [0.4, 0.5) is 5.00 Å². The number of benzene rings is 1. The van der Waals surface area contributed by atoms with Crippen LogP contribution in [0.15, 0.2) is 24.3 Å². The second kappa shape index (κ2) is 8.78. The summed E-state index contributed by atoms with van der Waals surface area (Å²) in [6.45, 7) is 3.88. The highest BCUT2D eigenvalue weighted by Crippen LogP contribution is 2.41. The largest absolute Gasteiger partial charge is 0.481 e. The van der Waals surface area contributed by atoms with E-state index in [0.717, 1.165) is 34.4 Å². The molecular formula is C22H25NO5S. The highest BCUT2D eigenvalue weighted by atomic mass is 32.1. The number of thiophene rings is 1. The van der Waals surface area contributed by atoms with Crippen molar-refractivity contribution in [3.63, 3.8) is 0 Å². The Kier molecular flexibility index (Phi) is 6.37. The van der Waals surface area contributed by atoms with Crippen LogP contribution >= 0.6 is 11.3 Å². The van der Waals surface area contributed by atoms with E-state index in [4.69, 9.17) is 4.74 Å². The van der Waals surface area contributed by atoms with Crippen molar-refractivity contribution >= 4 is 34.2 Å². The Morgan fingerprint density at radius 2 is 1.69 bits per heavy atom. The fraction of sp³-hybridized carbons (Fsp3) is 0.409. The van der Waals surface area contributed by atoms with Gasteiger partial charge in [0.1, 0.15) is 10.6 Å². The first-order chi connectivity index (χ1) is 13.8. The number of hydrogen-bond acceptors (Lipinski definition) is 5. The van der Waals surface area contributed by atoms with Crippen molar-refractivity contribution in [1.82, 2.24) is 0 Å². The predicted octanol–water partition coefficient (Wildman–Crippen LogP) is 4.65. The van der Waals surface area contributed by atoms with E-state index < -0.39 is 23.8 Å². The summed E-state index contributed by atoms with van der Waals surface area (Å²) >= 11 is 1.31. The van der Waals surface area contributed by atoms with E-state index >= 15 is 0 Å². The maximum Gasteiger partial charge on any atom is 0.341 e. The summed E-state index contributed by atoms with van der Waals surface area (Å²) in [5, 5.41) is 12.7. The first-order valence-electron chi connectivity index (χ1n) is 9.66. The number of nitrogens with one attached hydrogen (secondary N) is 1. The number of aryl methyl sites for hydroxylation is 2. The van der Waals surface area contributed by atoms with Gasteiger partial charge in [0.25, 0.3) is 0 Å². The number of amides is 1. The van der Waals surface area contributed by atoms with Gasteiger partial charge in [0, 0.05) is 10.4 Å². The summed E-state index contributed by atoms with van der Waals surface area (Å²) in [5.41, 5.74) is 3.02. The molecule has 1 saturated carbocycles. The van der Waals surface area contributed by atoms with Crippen LogP contribution in [-0.4, -0.2) is 30.1 Å². The van der Waals surface area contributed by atoms with Crippen molar-refractivity contribution in [3.05, 3.63) is 40.3 Å². The molecule has 1 fully saturated rings. The lowest BCUT2D eigenvalue weighted by Gasteiger charge is -2.27. The monoisotopic (exact) mass is 415 g/mol. The van der Waals surface area contributed by atoms with Gasteiger partial charge in [0.15, 0.2) is 0 Å². The van der Waals surface area contributed by atoms with Crippen molar-refractivity contribution in [1.29, 1.82) is 0 Å². The number of aliphatic carboxylic acids is 1. The van der Waals surface area contributed by atoms with Crippen LogP contribution in [0.3, 0.4) is 0 Å². The molecule has 1 aromatic heterocycles. The standard InChI is InChI=1S/C22H25NO5S/c1-12-8-10-14(11-9-12)17-13(2)29-20(18(17)22(27)28-3)23-19(24)15-6-4-5-7-16(15)21(25)26/h8-11,15-16H,4-7H2,1-3H3,(H,23,24)(H,25,26)/t15-,16-/m1/s1. The van der Waals surface area contributed by atoms with Crippen LogP contribution in [0.2, 0.25) is 0 Å². The van der Waals surface area contributed by atoms with Crippen LogP contribution in [0.25, 0.3) is 11.1 Å². The molecule has 3 rings (SSSR count). The van der Waals surface area contributed by atoms with E-state index in [0.29, 0.717) is 23.4 Å². The molecule has 2 aromatic rings. The molecule has 0 radical (unpaired) electrons. The molecule has 29 heavy (non-hydrogen) atoms. The van der Waals surface area contributed by atoms with Crippen molar-refractivity contribution in [3.8, 4) is 11.1 Å². The Hall–Kier alpha value is -2.67. The minimum atomic E-state index is -0.944. The lowest BCUT2D eigenvalue weighted by molar-refractivity contribution is -0.147. The number of rotatable bonds is 5. The topological polar surface area (TPSA) is 92.7 Å². The van der Waals surface area contributed by atoms with E-state index in [-0.39, 0.29) is 5.91 Å². The van der Waals surface area contributed by atoms with Gasteiger partial charge >= 0.3 is 11.9 Å². The lowest BCUT2D eigenvalue weighted by Crippen LogP contribution is -2.36. The Balaban J connectivity index is 1.98. The number of carbonyl (C=O) groups is 3. The summed E-state index contributed by atoms with van der Waals surface area (Å²) in [7, 11) is 1.31. The number of anilines is 1. The van der Waals surface area contributed by atoms with E-state index in [2.05, 4.69) is 5.32 Å². The smallest absolute Gasteiger partial charge is 0.341 e. The molecule has 1 aliphatic rings. The lowest BCUT2D eigenvalue weighted by atomic mass is 9.78. The SMILES string of the molecule is COC(=O)c1c(NC(=O)[C@@H]2CCCC[C@H]2C(=O)O)sc(C)c1-c1ccc(C)cc1. The fourth-order valence-corrected chi connectivity index (χ4v) is 5.01. The molecule has 1 amide bonds. The Bertz CT molecular complexity index is 931. The molecule has 6 nitrogen and oxygen atoms in total. The zero-order valence-corrected chi connectivity index (χ0v) is 17.6. The summed E-state index contributed by atoms with van der Waals surface area (Å²) in [5.74, 6) is -3.11. The molecular weight excluding hydrogens is 390 g/mol. The molecule has 2 N–H and O–H groups in total. The minimum Gasteiger partial charge on any atom is -0.481 e. The average molecular weight is 416 g/mol. The zero-order valence-electron chi connectivity index (χ0n) is 16.8.